The third kappa shape index (κ3) is 4.33. The lowest BCUT2D eigenvalue weighted by atomic mass is 9.92. The van der Waals surface area contributed by atoms with E-state index >= 15 is 0 Å². The van der Waals surface area contributed by atoms with Crippen molar-refractivity contribution in [1.29, 1.82) is 0 Å². The Balaban J connectivity index is 1.37. The van der Waals surface area contributed by atoms with Gasteiger partial charge in [0.25, 0.3) is 0 Å². The van der Waals surface area contributed by atoms with Crippen molar-refractivity contribution < 1.29 is 9.53 Å². The quantitative estimate of drug-likeness (QED) is 0.742. The van der Waals surface area contributed by atoms with Crippen LogP contribution in [0.15, 0.2) is 36.4 Å². The van der Waals surface area contributed by atoms with Crippen LogP contribution >= 0.6 is 0 Å². The van der Waals surface area contributed by atoms with Gasteiger partial charge in [-0.2, -0.15) is 0 Å². The lowest BCUT2D eigenvalue weighted by Crippen LogP contribution is -2.36. The zero-order valence-corrected chi connectivity index (χ0v) is 17.0. The second-order valence-corrected chi connectivity index (χ2v) is 8.34. The molecule has 2 aliphatic rings. The first-order chi connectivity index (χ1) is 13.7. The number of carbonyl (C=O) groups is 1. The van der Waals surface area contributed by atoms with Crippen LogP contribution in [0, 0.1) is 5.92 Å². The molecule has 4 nitrogen and oxygen atoms in total. The number of nitrogens with zero attached hydrogens (tertiary/aromatic N) is 2. The van der Waals surface area contributed by atoms with Gasteiger partial charge in [0.1, 0.15) is 5.75 Å². The number of likely N-dealkylation sites (tertiary alicyclic amines) is 2. The minimum absolute atomic E-state index is 0.371. The average molecular weight is 381 g/mol. The van der Waals surface area contributed by atoms with Crippen LogP contribution in [0.3, 0.4) is 0 Å². The van der Waals surface area contributed by atoms with Crippen LogP contribution in [0.5, 0.6) is 5.75 Å². The molecule has 4 rings (SSSR count). The van der Waals surface area contributed by atoms with E-state index in [1.807, 2.05) is 0 Å². The van der Waals surface area contributed by atoms with E-state index in [1.165, 1.54) is 42.0 Å². The van der Waals surface area contributed by atoms with Gasteiger partial charge in [-0.25, -0.2) is 0 Å². The number of amides is 1. The predicted octanol–water partition coefficient (Wildman–Crippen LogP) is 4.46. The standard InChI is InChI=1S/C24H32N2O2/c1-28-23-12-11-20(21-8-2-3-9-22(21)23)18-25-14-6-7-19(17-25)10-13-24(27)26-15-4-5-16-26/h2-3,8-9,11-12,19H,4-7,10,13-18H2,1H3. The molecule has 2 fully saturated rings. The lowest BCUT2D eigenvalue weighted by Gasteiger charge is -2.33. The summed E-state index contributed by atoms with van der Waals surface area (Å²) in [6.45, 7) is 5.17. The molecular weight excluding hydrogens is 348 g/mol. The minimum Gasteiger partial charge on any atom is -0.496 e. The van der Waals surface area contributed by atoms with Crippen LogP contribution < -0.4 is 4.74 Å². The highest BCUT2D eigenvalue weighted by Gasteiger charge is 2.23. The van der Waals surface area contributed by atoms with E-state index in [0.717, 1.165) is 51.3 Å². The molecule has 0 spiro atoms. The summed E-state index contributed by atoms with van der Waals surface area (Å²) in [6, 6.07) is 12.8. The Morgan fingerprint density at radius 3 is 2.61 bits per heavy atom. The second kappa shape index (κ2) is 8.95. The molecular formula is C24H32N2O2. The molecule has 2 aliphatic heterocycles. The summed E-state index contributed by atoms with van der Waals surface area (Å²) in [5.74, 6) is 1.96. The summed E-state index contributed by atoms with van der Waals surface area (Å²) >= 11 is 0. The summed E-state index contributed by atoms with van der Waals surface area (Å²) < 4.78 is 5.54. The van der Waals surface area contributed by atoms with Gasteiger partial charge in [0, 0.05) is 38.0 Å². The highest BCUT2D eigenvalue weighted by atomic mass is 16.5. The van der Waals surface area contributed by atoms with Crippen LogP contribution in [-0.4, -0.2) is 49.0 Å². The van der Waals surface area contributed by atoms with Crippen molar-refractivity contribution in [1.82, 2.24) is 9.80 Å². The molecule has 0 aromatic heterocycles. The first kappa shape index (κ1) is 19.3. The summed E-state index contributed by atoms with van der Waals surface area (Å²) in [5.41, 5.74) is 1.37. The Morgan fingerprint density at radius 2 is 1.82 bits per heavy atom. The second-order valence-electron chi connectivity index (χ2n) is 8.34. The monoisotopic (exact) mass is 380 g/mol. The fraction of sp³-hybridized carbons (Fsp3) is 0.542. The summed E-state index contributed by atoms with van der Waals surface area (Å²) in [6.07, 6.45) is 6.61. The molecule has 1 unspecified atom stereocenters. The van der Waals surface area contributed by atoms with E-state index in [9.17, 15) is 4.79 Å². The number of rotatable bonds is 6. The average Bonchev–Trinajstić information content (AvgIpc) is 3.28. The molecule has 0 aliphatic carbocycles. The maximum Gasteiger partial charge on any atom is 0.222 e. The molecule has 28 heavy (non-hydrogen) atoms. The molecule has 150 valence electrons. The Morgan fingerprint density at radius 1 is 1.04 bits per heavy atom. The highest BCUT2D eigenvalue weighted by molar-refractivity contribution is 5.91. The number of hydrogen-bond acceptors (Lipinski definition) is 3. The fourth-order valence-electron chi connectivity index (χ4n) is 4.87. The summed E-state index contributed by atoms with van der Waals surface area (Å²) in [5, 5.41) is 2.47. The predicted molar refractivity (Wildman–Crippen MR) is 114 cm³/mol. The van der Waals surface area contributed by atoms with Crippen molar-refractivity contribution in [2.45, 2.75) is 45.1 Å². The maximum absolute atomic E-state index is 12.4. The zero-order chi connectivity index (χ0) is 19.3. The number of methoxy groups -OCH3 is 1. The molecule has 2 heterocycles. The van der Waals surface area contributed by atoms with E-state index in [2.05, 4.69) is 46.2 Å². The molecule has 2 saturated heterocycles. The van der Waals surface area contributed by atoms with Gasteiger partial charge in [-0.15, -0.1) is 0 Å². The molecule has 2 aromatic rings. The van der Waals surface area contributed by atoms with Crippen molar-refractivity contribution in [3.8, 4) is 5.75 Å². The van der Waals surface area contributed by atoms with E-state index in [1.54, 1.807) is 7.11 Å². The molecule has 0 N–H and O–H groups in total. The van der Waals surface area contributed by atoms with Gasteiger partial charge < -0.3 is 9.64 Å². The number of benzene rings is 2. The van der Waals surface area contributed by atoms with E-state index < -0.39 is 0 Å². The van der Waals surface area contributed by atoms with Gasteiger partial charge in [0.2, 0.25) is 5.91 Å². The maximum atomic E-state index is 12.4. The molecule has 0 saturated carbocycles. The van der Waals surface area contributed by atoms with Crippen molar-refractivity contribution in [2.24, 2.45) is 5.92 Å². The molecule has 1 amide bonds. The van der Waals surface area contributed by atoms with Crippen LogP contribution in [0.1, 0.15) is 44.1 Å². The van der Waals surface area contributed by atoms with E-state index in [4.69, 9.17) is 4.74 Å². The third-order valence-electron chi connectivity index (χ3n) is 6.42. The number of carbonyl (C=O) groups excluding carboxylic acids is 1. The topological polar surface area (TPSA) is 32.8 Å². The number of piperidine rings is 1. The molecule has 2 aromatic carbocycles. The number of fused-ring (bicyclic) bond motifs is 1. The highest BCUT2D eigenvalue weighted by Crippen LogP contribution is 2.30. The molecule has 0 radical (unpaired) electrons. The van der Waals surface area contributed by atoms with Gasteiger partial charge in [-0.05, 0) is 61.6 Å². The Kier molecular flexibility index (Phi) is 6.16. The summed E-state index contributed by atoms with van der Waals surface area (Å²) in [4.78, 5) is 17.0. The van der Waals surface area contributed by atoms with Gasteiger partial charge in [-0.3, -0.25) is 9.69 Å². The first-order valence-corrected chi connectivity index (χ1v) is 10.8. The van der Waals surface area contributed by atoms with Gasteiger partial charge in [0.15, 0.2) is 0 Å². The Hall–Kier alpha value is -2.07. The largest absolute Gasteiger partial charge is 0.496 e. The smallest absolute Gasteiger partial charge is 0.222 e. The van der Waals surface area contributed by atoms with Crippen molar-refractivity contribution in [3.63, 3.8) is 0 Å². The lowest BCUT2D eigenvalue weighted by molar-refractivity contribution is -0.130. The Labute approximate surface area is 168 Å². The van der Waals surface area contributed by atoms with Crippen LogP contribution in [0.4, 0.5) is 0 Å². The Bertz CT molecular complexity index is 813. The van der Waals surface area contributed by atoms with E-state index in [-0.39, 0.29) is 0 Å². The zero-order valence-electron chi connectivity index (χ0n) is 17.0. The van der Waals surface area contributed by atoms with Crippen molar-refractivity contribution in [2.75, 3.05) is 33.3 Å². The van der Waals surface area contributed by atoms with Crippen molar-refractivity contribution in [3.05, 3.63) is 42.0 Å². The molecule has 1 atom stereocenters. The molecule has 4 heteroatoms. The molecule has 0 bridgehead atoms. The number of ether oxygens (including phenoxy) is 1. The SMILES string of the molecule is COc1ccc(CN2CCCC(CCC(=O)N3CCCC3)C2)c2ccccc12. The van der Waals surface area contributed by atoms with Crippen molar-refractivity contribution >= 4 is 16.7 Å². The van der Waals surface area contributed by atoms with Crippen LogP contribution in [0.25, 0.3) is 10.8 Å². The van der Waals surface area contributed by atoms with Gasteiger partial charge in [0.05, 0.1) is 7.11 Å². The first-order valence-electron chi connectivity index (χ1n) is 10.8. The summed E-state index contributed by atoms with van der Waals surface area (Å²) in [7, 11) is 1.74. The van der Waals surface area contributed by atoms with Crippen LogP contribution in [0.2, 0.25) is 0 Å². The normalized spacial score (nSPS) is 20.6. The number of hydrogen-bond donors (Lipinski definition) is 0. The third-order valence-corrected chi connectivity index (χ3v) is 6.42. The van der Waals surface area contributed by atoms with Gasteiger partial charge >= 0.3 is 0 Å². The minimum atomic E-state index is 0.371. The fourth-order valence-corrected chi connectivity index (χ4v) is 4.87. The van der Waals surface area contributed by atoms with Gasteiger partial charge in [-0.1, -0.05) is 30.3 Å². The van der Waals surface area contributed by atoms with E-state index in [0.29, 0.717) is 11.8 Å². The van der Waals surface area contributed by atoms with Crippen LogP contribution in [-0.2, 0) is 11.3 Å².